The molecule has 0 aliphatic carbocycles. The molecule has 3 aromatic rings. The molecule has 2 aliphatic rings. The number of Topliss-reactive ketones (excluding diaryl/α,β-unsaturated/α-hetero) is 1. The SMILES string of the molecule is COc1cc(/C=C2\Oc3c(cc4c(c3C)OCN(CCc3ccccc3Cl)C4)C2=O)cc(OC)c1OC. The van der Waals surface area contributed by atoms with E-state index in [2.05, 4.69) is 4.90 Å². The van der Waals surface area contributed by atoms with Gasteiger partial charge in [0.05, 0.1) is 26.9 Å². The second-order valence-electron chi connectivity index (χ2n) is 8.93. The molecule has 37 heavy (non-hydrogen) atoms. The lowest BCUT2D eigenvalue weighted by molar-refractivity contribution is 0.0954. The van der Waals surface area contributed by atoms with Crippen LogP contribution in [0, 0.1) is 6.92 Å². The van der Waals surface area contributed by atoms with Crippen molar-refractivity contribution < 1.29 is 28.5 Å². The van der Waals surface area contributed by atoms with E-state index in [1.807, 2.05) is 37.3 Å². The first-order valence-electron chi connectivity index (χ1n) is 11.9. The number of hydrogen-bond acceptors (Lipinski definition) is 7. The maximum Gasteiger partial charge on any atom is 0.231 e. The minimum atomic E-state index is -0.178. The fraction of sp³-hybridized carbons (Fsp3) is 0.276. The van der Waals surface area contributed by atoms with Crippen LogP contribution in [0.15, 0.2) is 48.2 Å². The summed E-state index contributed by atoms with van der Waals surface area (Å²) in [4.78, 5) is 15.6. The summed E-state index contributed by atoms with van der Waals surface area (Å²) in [5, 5.41) is 0.767. The standard InChI is InChI=1S/C29H28ClNO6/c1-17-27-20(15-31(16-36-27)10-9-19-7-5-6-8-22(19)30)14-21-26(32)23(37-28(17)21)11-18-12-24(33-2)29(35-4)25(13-18)34-3/h5-8,11-14H,9-10,15-16H2,1-4H3/b23-11-. The number of methoxy groups -OCH3 is 3. The molecule has 0 atom stereocenters. The smallest absolute Gasteiger partial charge is 0.231 e. The largest absolute Gasteiger partial charge is 0.493 e. The zero-order valence-electron chi connectivity index (χ0n) is 21.2. The van der Waals surface area contributed by atoms with Crippen LogP contribution in [0.1, 0.15) is 32.6 Å². The van der Waals surface area contributed by atoms with Gasteiger partial charge in [-0.15, -0.1) is 0 Å². The molecule has 0 fully saturated rings. The summed E-state index contributed by atoms with van der Waals surface area (Å²) in [6, 6.07) is 13.3. The molecular weight excluding hydrogens is 494 g/mol. The molecule has 0 saturated heterocycles. The number of hydrogen-bond donors (Lipinski definition) is 0. The van der Waals surface area contributed by atoms with E-state index in [-0.39, 0.29) is 11.5 Å². The van der Waals surface area contributed by atoms with Gasteiger partial charge in [0.2, 0.25) is 11.5 Å². The summed E-state index contributed by atoms with van der Waals surface area (Å²) in [5.41, 5.74) is 4.11. The van der Waals surface area contributed by atoms with E-state index < -0.39 is 0 Å². The predicted molar refractivity (Wildman–Crippen MR) is 141 cm³/mol. The summed E-state index contributed by atoms with van der Waals surface area (Å²) in [5.74, 6) is 2.82. The van der Waals surface area contributed by atoms with E-state index in [1.165, 1.54) is 0 Å². The highest BCUT2D eigenvalue weighted by Gasteiger charge is 2.33. The number of carbonyl (C=O) groups excluding carboxylic acids is 1. The minimum Gasteiger partial charge on any atom is -0.493 e. The number of halogens is 1. The second kappa shape index (κ2) is 10.4. The average molecular weight is 522 g/mol. The fourth-order valence-corrected chi connectivity index (χ4v) is 4.99. The summed E-state index contributed by atoms with van der Waals surface area (Å²) in [6.45, 7) is 3.84. The molecule has 2 heterocycles. The molecule has 0 unspecified atom stereocenters. The number of allylic oxidation sites excluding steroid dienone is 1. The zero-order chi connectivity index (χ0) is 26.1. The van der Waals surface area contributed by atoms with Gasteiger partial charge in [-0.05, 0) is 54.8 Å². The molecule has 5 rings (SSSR count). The minimum absolute atomic E-state index is 0.178. The van der Waals surface area contributed by atoms with Gasteiger partial charge < -0.3 is 23.7 Å². The summed E-state index contributed by atoms with van der Waals surface area (Å²) < 4.78 is 28.4. The van der Waals surface area contributed by atoms with Crippen molar-refractivity contribution in [1.82, 2.24) is 4.90 Å². The van der Waals surface area contributed by atoms with Crippen LogP contribution < -0.4 is 23.7 Å². The number of ether oxygens (including phenoxy) is 5. The monoisotopic (exact) mass is 521 g/mol. The van der Waals surface area contributed by atoms with Crippen LogP contribution in [0.4, 0.5) is 0 Å². The quantitative estimate of drug-likeness (QED) is 0.370. The normalized spacial score (nSPS) is 15.6. The van der Waals surface area contributed by atoms with Gasteiger partial charge in [0.25, 0.3) is 0 Å². The van der Waals surface area contributed by atoms with Gasteiger partial charge in [-0.3, -0.25) is 9.69 Å². The van der Waals surface area contributed by atoms with Gasteiger partial charge in [-0.2, -0.15) is 0 Å². The highest BCUT2D eigenvalue weighted by molar-refractivity contribution is 6.31. The maximum atomic E-state index is 13.4. The van der Waals surface area contributed by atoms with Crippen LogP contribution in [0.2, 0.25) is 5.02 Å². The fourth-order valence-electron chi connectivity index (χ4n) is 4.76. The van der Waals surface area contributed by atoms with Gasteiger partial charge in [-0.25, -0.2) is 0 Å². The van der Waals surface area contributed by atoms with E-state index in [9.17, 15) is 4.79 Å². The van der Waals surface area contributed by atoms with Crippen molar-refractivity contribution in [3.05, 3.63) is 81.1 Å². The van der Waals surface area contributed by atoms with Crippen LogP contribution in [-0.4, -0.2) is 45.3 Å². The third kappa shape index (κ3) is 4.72. The third-order valence-electron chi connectivity index (χ3n) is 6.64. The molecule has 2 aliphatic heterocycles. The van der Waals surface area contributed by atoms with Crippen LogP contribution >= 0.6 is 11.6 Å². The lowest BCUT2D eigenvalue weighted by Crippen LogP contribution is -2.34. The van der Waals surface area contributed by atoms with E-state index >= 15 is 0 Å². The van der Waals surface area contributed by atoms with Crippen molar-refractivity contribution in [2.45, 2.75) is 19.9 Å². The Balaban J connectivity index is 1.39. The summed E-state index contributed by atoms with van der Waals surface area (Å²) >= 11 is 6.32. The number of rotatable bonds is 7. The number of nitrogens with zero attached hydrogens (tertiary/aromatic N) is 1. The molecule has 0 spiro atoms. The van der Waals surface area contributed by atoms with Crippen molar-refractivity contribution in [2.24, 2.45) is 0 Å². The van der Waals surface area contributed by atoms with Crippen LogP contribution in [0.25, 0.3) is 6.08 Å². The Kier molecular flexibility index (Phi) is 7.00. The predicted octanol–water partition coefficient (Wildman–Crippen LogP) is 5.69. The lowest BCUT2D eigenvalue weighted by atomic mass is 9.99. The van der Waals surface area contributed by atoms with Crippen molar-refractivity contribution in [2.75, 3.05) is 34.6 Å². The number of fused-ring (bicyclic) bond motifs is 2. The van der Waals surface area contributed by atoms with E-state index in [4.69, 9.17) is 35.3 Å². The Morgan fingerprint density at radius 1 is 1.03 bits per heavy atom. The zero-order valence-corrected chi connectivity index (χ0v) is 22.0. The molecular formula is C29H28ClNO6. The van der Waals surface area contributed by atoms with Crippen molar-refractivity contribution in [3.8, 4) is 28.7 Å². The molecule has 0 aromatic heterocycles. The molecule has 192 valence electrons. The number of benzene rings is 3. The molecule has 0 radical (unpaired) electrons. The Labute approximate surface area is 221 Å². The first kappa shape index (κ1) is 25.0. The summed E-state index contributed by atoms with van der Waals surface area (Å²) in [6.07, 6.45) is 2.49. The highest BCUT2D eigenvalue weighted by atomic mass is 35.5. The third-order valence-corrected chi connectivity index (χ3v) is 7.01. The second-order valence-corrected chi connectivity index (χ2v) is 9.34. The molecule has 7 nitrogen and oxygen atoms in total. The van der Waals surface area contributed by atoms with Gasteiger partial charge in [-0.1, -0.05) is 29.8 Å². The Morgan fingerprint density at radius 3 is 2.43 bits per heavy atom. The topological polar surface area (TPSA) is 66.5 Å². The van der Waals surface area contributed by atoms with Crippen LogP contribution in [-0.2, 0) is 13.0 Å². The highest BCUT2D eigenvalue weighted by Crippen LogP contribution is 2.44. The Bertz CT molecular complexity index is 1370. The molecule has 3 aromatic carbocycles. The summed E-state index contributed by atoms with van der Waals surface area (Å²) in [7, 11) is 4.64. The van der Waals surface area contributed by atoms with E-state index in [0.29, 0.717) is 47.4 Å². The van der Waals surface area contributed by atoms with Gasteiger partial charge >= 0.3 is 0 Å². The van der Waals surface area contributed by atoms with E-state index in [1.54, 1.807) is 39.5 Å². The molecule has 8 heteroatoms. The van der Waals surface area contributed by atoms with Crippen LogP contribution in [0.5, 0.6) is 28.7 Å². The average Bonchev–Trinajstić information content (AvgIpc) is 3.22. The Hall–Kier alpha value is -3.68. The lowest BCUT2D eigenvalue weighted by Gasteiger charge is -2.30. The van der Waals surface area contributed by atoms with Crippen molar-refractivity contribution >= 4 is 23.5 Å². The molecule has 0 N–H and O–H groups in total. The molecule has 0 amide bonds. The number of ketones is 1. The van der Waals surface area contributed by atoms with Gasteiger partial charge in [0.15, 0.2) is 17.3 Å². The van der Waals surface area contributed by atoms with Crippen LogP contribution in [0.3, 0.4) is 0 Å². The first-order valence-corrected chi connectivity index (χ1v) is 12.3. The molecule has 0 saturated carbocycles. The van der Waals surface area contributed by atoms with Crippen molar-refractivity contribution in [1.29, 1.82) is 0 Å². The maximum absolute atomic E-state index is 13.4. The number of carbonyl (C=O) groups is 1. The van der Waals surface area contributed by atoms with Gasteiger partial charge in [0.1, 0.15) is 18.2 Å². The van der Waals surface area contributed by atoms with E-state index in [0.717, 1.165) is 40.4 Å². The molecule has 0 bridgehead atoms. The van der Waals surface area contributed by atoms with Crippen molar-refractivity contribution in [3.63, 3.8) is 0 Å². The first-order chi connectivity index (χ1) is 17.9. The Morgan fingerprint density at radius 2 is 1.76 bits per heavy atom. The van der Waals surface area contributed by atoms with Gasteiger partial charge in [0, 0.05) is 29.2 Å².